The number of Topliss-reactive ketones (excluding diaryl/α,β-unsaturated/α-hetero) is 1. The lowest BCUT2D eigenvalue weighted by atomic mass is 9.96. The molecule has 7 nitrogen and oxygen atoms in total. The summed E-state index contributed by atoms with van der Waals surface area (Å²) in [7, 11) is 1.55. The number of carbonyl (C=O) groups is 2. The number of rotatable bonds is 10. The summed E-state index contributed by atoms with van der Waals surface area (Å²) in [6, 6.07) is 3.13. The summed E-state index contributed by atoms with van der Waals surface area (Å²) in [6.07, 6.45) is 0.143. The van der Waals surface area contributed by atoms with Gasteiger partial charge < -0.3 is 25.4 Å². The van der Waals surface area contributed by atoms with Gasteiger partial charge in [0.25, 0.3) is 0 Å². The number of nitrogens with two attached hydrogens (primary N) is 1. The molecule has 122 valence electrons. The van der Waals surface area contributed by atoms with E-state index < -0.39 is 12.0 Å². The van der Waals surface area contributed by atoms with E-state index in [0.717, 1.165) is 0 Å². The second-order valence-corrected chi connectivity index (χ2v) is 4.77. The molecule has 1 rings (SSSR count). The fraction of sp³-hybridized carbons (Fsp3) is 0.467. The fourth-order valence-corrected chi connectivity index (χ4v) is 1.87. The van der Waals surface area contributed by atoms with E-state index in [1.807, 2.05) is 0 Å². The van der Waals surface area contributed by atoms with Crippen molar-refractivity contribution in [1.82, 2.24) is 0 Å². The van der Waals surface area contributed by atoms with Crippen LogP contribution in [0.15, 0.2) is 18.2 Å². The van der Waals surface area contributed by atoms with Gasteiger partial charge in [-0.1, -0.05) is 6.07 Å². The minimum Gasteiger partial charge on any atom is -0.508 e. The van der Waals surface area contributed by atoms with E-state index in [9.17, 15) is 14.7 Å². The number of benzene rings is 1. The lowest BCUT2D eigenvalue weighted by Gasteiger charge is -2.12. The van der Waals surface area contributed by atoms with Crippen LogP contribution < -0.4 is 5.73 Å². The molecule has 1 atom stereocenters. The molecule has 0 saturated heterocycles. The van der Waals surface area contributed by atoms with Crippen LogP contribution in [-0.4, -0.2) is 54.9 Å². The molecule has 0 fully saturated rings. The highest BCUT2D eigenvalue weighted by Gasteiger charge is 2.18. The van der Waals surface area contributed by atoms with E-state index in [-0.39, 0.29) is 36.5 Å². The first-order valence-corrected chi connectivity index (χ1v) is 6.86. The molecule has 0 radical (unpaired) electrons. The quantitative estimate of drug-likeness (QED) is 0.427. The number of hydrogen-bond acceptors (Lipinski definition) is 6. The lowest BCUT2D eigenvalue weighted by molar-refractivity contribution is -0.138. The SMILES string of the molecule is COCCOCCC(=O)c1cc(O)ccc1C[C@H](N)C(=O)O. The molecule has 0 heterocycles. The molecule has 22 heavy (non-hydrogen) atoms. The van der Waals surface area contributed by atoms with Gasteiger partial charge in [0.05, 0.1) is 19.8 Å². The zero-order valence-electron chi connectivity index (χ0n) is 12.4. The first-order valence-electron chi connectivity index (χ1n) is 6.86. The van der Waals surface area contributed by atoms with E-state index in [1.54, 1.807) is 7.11 Å². The van der Waals surface area contributed by atoms with Gasteiger partial charge in [0, 0.05) is 19.1 Å². The van der Waals surface area contributed by atoms with Crippen molar-refractivity contribution in [2.75, 3.05) is 26.9 Å². The molecule has 0 aliphatic rings. The van der Waals surface area contributed by atoms with Crippen LogP contribution in [0.1, 0.15) is 22.3 Å². The predicted molar refractivity (Wildman–Crippen MR) is 79.1 cm³/mol. The van der Waals surface area contributed by atoms with Gasteiger partial charge in [0.1, 0.15) is 11.8 Å². The molecule has 0 aliphatic heterocycles. The molecule has 0 aliphatic carbocycles. The summed E-state index contributed by atoms with van der Waals surface area (Å²) in [5, 5.41) is 18.4. The number of ether oxygens (including phenoxy) is 2. The molecular formula is C15H21NO6. The third-order valence-electron chi connectivity index (χ3n) is 3.06. The van der Waals surface area contributed by atoms with Crippen molar-refractivity contribution in [3.63, 3.8) is 0 Å². The normalized spacial score (nSPS) is 12.1. The number of carboxylic acids is 1. The van der Waals surface area contributed by atoms with Crippen LogP contribution >= 0.6 is 0 Å². The molecule has 0 amide bonds. The number of ketones is 1. The Labute approximate surface area is 128 Å². The molecule has 1 aromatic rings. The van der Waals surface area contributed by atoms with Gasteiger partial charge in [-0.05, 0) is 24.1 Å². The number of methoxy groups -OCH3 is 1. The maximum atomic E-state index is 12.2. The summed E-state index contributed by atoms with van der Waals surface area (Å²) >= 11 is 0. The van der Waals surface area contributed by atoms with E-state index >= 15 is 0 Å². The van der Waals surface area contributed by atoms with Gasteiger partial charge in [-0.2, -0.15) is 0 Å². The first kappa shape index (κ1) is 18.1. The van der Waals surface area contributed by atoms with Crippen molar-refractivity contribution < 1.29 is 29.3 Å². The van der Waals surface area contributed by atoms with Crippen LogP contribution in [0.5, 0.6) is 5.75 Å². The van der Waals surface area contributed by atoms with Crippen LogP contribution in [0.2, 0.25) is 0 Å². The number of carbonyl (C=O) groups excluding carboxylic acids is 1. The zero-order valence-corrected chi connectivity index (χ0v) is 12.4. The van der Waals surface area contributed by atoms with Crippen molar-refractivity contribution >= 4 is 11.8 Å². The Bertz CT molecular complexity index is 517. The lowest BCUT2D eigenvalue weighted by Crippen LogP contribution is -2.32. The summed E-state index contributed by atoms with van der Waals surface area (Å²) in [6.45, 7) is 1.06. The van der Waals surface area contributed by atoms with Crippen molar-refractivity contribution in [3.05, 3.63) is 29.3 Å². The van der Waals surface area contributed by atoms with Gasteiger partial charge in [0.15, 0.2) is 5.78 Å². The Morgan fingerprint density at radius 1 is 1.27 bits per heavy atom. The number of aliphatic carboxylic acids is 1. The van der Waals surface area contributed by atoms with Crippen molar-refractivity contribution in [2.24, 2.45) is 5.73 Å². The van der Waals surface area contributed by atoms with Crippen LogP contribution in [0, 0.1) is 0 Å². The van der Waals surface area contributed by atoms with Crippen molar-refractivity contribution in [2.45, 2.75) is 18.9 Å². The van der Waals surface area contributed by atoms with Crippen LogP contribution in [0.4, 0.5) is 0 Å². The maximum Gasteiger partial charge on any atom is 0.320 e. The third kappa shape index (κ3) is 5.80. The van der Waals surface area contributed by atoms with Gasteiger partial charge in [0.2, 0.25) is 0 Å². The zero-order chi connectivity index (χ0) is 16.5. The summed E-state index contributed by atoms with van der Waals surface area (Å²) in [4.78, 5) is 23.0. The summed E-state index contributed by atoms with van der Waals surface area (Å²) < 4.78 is 10.1. The smallest absolute Gasteiger partial charge is 0.320 e. The fourth-order valence-electron chi connectivity index (χ4n) is 1.87. The van der Waals surface area contributed by atoms with E-state index in [4.69, 9.17) is 20.3 Å². The highest BCUT2D eigenvalue weighted by Crippen LogP contribution is 2.19. The van der Waals surface area contributed by atoms with Crippen LogP contribution in [0.25, 0.3) is 0 Å². The number of hydrogen-bond donors (Lipinski definition) is 3. The molecule has 0 saturated carbocycles. The average molecular weight is 311 g/mol. The molecular weight excluding hydrogens is 290 g/mol. The van der Waals surface area contributed by atoms with Gasteiger partial charge in [-0.25, -0.2) is 0 Å². The standard InChI is InChI=1S/C15H21NO6/c1-21-6-7-22-5-4-14(18)12-9-11(17)3-2-10(12)8-13(16)15(19)20/h2-3,9,13,17H,4-8,16H2,1H3,(H,19,20)/t13-/m0/s1. The van der Waals surface area contributed by atoms with Gasteiger partial charge in [-0.15, -0.1) is 0 Å². The first-order chi connectivity index (χ1) is 10.5. The average Bonchev–Trinajstić information content (AvgIpc) is 2.48. The third-order valence-corrected chi connectivity index (χ3v) is 3.06. The monoisotopic (exact) mass is 311 g/mol. The Kier molecular flexibility index (Phi) is 7.51. The number of aromatic hydroxyl groups is 1. The second kappa shape index (κ2) is 9.14. The maximum absolute atomic E-state index is 12.2. The highest BCUT2D eigenvalue weighted by molar-refractivity contribution is 5.98. The number of phenols is 1. The van der Waals surface area contributed by atoms with Gasteiger partial charge >= 0.3 is 5.97 Å². The topological polar surface area (TPSA) is 119 Å². The molecule has 7 heteroatoms. The van der Waals surface area contributed by atoms with E-state index in [2.05, 4.69) is 0 Å². The minimum atomic E-state index is -1.14. The van der Waals surface area contributed by atoms with Crippen molar-refractivity contribution in [3.8, 4) is 5.75 Å². The Morgan fingerprint density at radius 2 is 2.00 bits per heavy atom. The molecule has 0 aromatic heterocycles. The molecule has 0 unspecified atom stereocenters. The Morgan fingerprint density at radius 3 is 2.64 bits per heavy atom. The van der Waals surface area contributed by atoms with Crippen LogP contribution in [0.3, 0.4) is 0 Å². The number of carboxylic acid groups (broad SMARTS) is 1. The molecule has 0 bridgehead atoms. The van der Waals surface area contributed by atoms with Crippen molar-refractivity contribution in [1.29, 1.82) is 0 Å². The molecule has 1 aromatic carbocycles. The van der Waals surface area contributed by atoms with Crippen LogP contribution in [-0.2, 0) is 20.7 Å². The van der Waals surface area contributed by atoms with E-state index in [0.29, 0.717) is 18.8 Å². The highest BCUT2D eigenvalue weighted by atomic mass is 16.5. The molecule has 0 spiro atoms. The minimum absolute atomic E-state index is 0.0151. The van der Waals surface area contributed by atoms with E-state index in [1.165, 1.54) is 18.2 Å². The Hall–Kier alpha value is -1.96. The Balaban J connectivity index is 2.72. The predicted octanol–water partition coefficient (Wildman–Crippen LogP) is 0.582. The summed E-state index contributed by atoms with van der Waals surface area (Å²) in [5.41, 5.74) is 6.26. The molecule has 4 N–H and O–H groups in total. The second-order valence-electron chi connectivity index (χ2n) is 4.77. The summed E-state index contributed by atoms with van der Waals surface area (Å²) in [5.74, 6) is -1.44. The van der Waals surface area contributed by atoms with Gasteiger partial charge in [-0.3, -0.25) is 9.59 Å². The number of phenolic OH excluding ortho intramolecular Hbond substituents is 1. The largest absolute Gasteiger partial charge is 0.508 e.